The van der Waals surface area contributed by atoms with Crippen LogP contribution >= 0.6 is 7.82 Å². The molecule has 0 aliphatic rings. The fraction of sp³-hybridized carbons (Fsp3) is 0.889. The molecular formula is C18H36Na3O4P. The summed E-state index contributed by atoms with van der Waals surface area (Å²) in [6.07, 6.45) is 23.5. The molecular weight excluding hydrogens is 380 g/mol. The Hall–Kier alpha value is 2.85. The van der Waals surface area contributed by atoms with E-state index >= 15 is 0 Å². The van der Waals surface area contributed by atoms with Gasteiger partial charge < -0.3 is 19.2 Å². The molecule has 0 saturated carbocycles. The standard InChI is InChI=1S/C18H36.3Na.H3O4P/c1-3-5-7-9-11-13-15-17-18-16-14-12-10-8-6-4-2;;;;1-5(2,3)4/h3H,1,4-18H2,2H3;;;;(H3,1,2,3,4)/q;3*+1;/p-3. The SMILES string of the molecule is C=CCCCCCCCCCCCCCCCC.O=P([O-])([O-])[O-].[Na+].[Na+].[Na+]. The minimum absolute atomic E-state index is 0. The quantitative estimate of drug-likeness (QED) is 0.116. The van der Waals surface area contributed by atoms with Gasteiger partial charge in [-0.05, 0) is 12.8 Å². The van der Waals surface area contributed by atoms with E-state index in [0.717, 1.165) is 0 Å². The molecule has 0 aliphatic carbocycles. The third kappa shape index (κ3) is 56.3. The molecule has 0 radical (unpaired) electrons. The average Bonchev–Trinajstić information content (AvgIpc) is 2.46. The van der Waals surface area contributed by atoms with Crippen LogP contribution in [0.3, 0.4) is 0 Å². The van der Waals surface area contributed by atoms with Crippen LogP contribution in [0.2, 0.25) is 0 Å². The first kappa shape index (κ1) is 39.3. The molecule has 0 amide bonds. The second-order valence-corrected chi connectivity index (χ2v) is 7.02. The largest absolute Gasteiger partial charge is 1.00 e. The fourth-order valence-electron chi connectivity index (χ4n) is 2.48. The van der Waals surface area contributed by atoms with Crippen molar-refractivity contribution in [2.24, 2.45) is 0 Å². The van der Waals surface area contributed by atoms with Crippen LogP contribution in [0.1, 0.15) is 103 Å². The first-order valence-electron chi connectivity index (χ1n) is 9.25. The predicted octanol–water partition coefficient (Wildman–Crippen LogP) is -4.77. The Morgan fingerprint density at radius 3 is 1.12 bits per heavy atom. The second kappa shape index (κ2) is 32.5. The van der Waals surface area contributed by atoms with Crippen molar-refractivity contribution < 1.29 is 108 Å². The summed E-state index contributed by atoms with van der Waals surface area (Å²) in [7, 11) is -5.39. The van der Waals surface area contributed by atoms with E-state index in [1.54, 1.807) is 0 Å². The number of hydrogen-bond donors (Lipinski definition) is 0. The van der Waals surface area contributed by atoms with Crippen LogP contribution in [0, 0.1) is 0 Å². The minimum atomic E-state index is -5.39. The zero-order valence-electron chi connectivity index (χ0n) is 18.0. The molecule has 0 heterocycles. The van der Waals surface area contributed by atoms with Crippen molar-refractivity contribution in [1.29, 1.82) is 0 Å². The minimum Gasteiger partial charge on any atom is -0.822 e. The zero-order chi connectivity index (χ0) is 17.8. The molecule has 0 spiro atoms. The van der Waals surface area contributed by atoms with Crippen LogP contribution in [0.5, 0.6) is 0 Å². The van der Waals surface area contributed by atoms with Crippen LogP contribution in [-0.4, -0.2) is 0 Å². The summed E-state index contributed by atoms with van der Waals surface area (Å²) in [6, 6.07) is 0. The molecule has 0 aromatic carbocycles. The fourth-order valence-corrected chi connectivity index (χ4v) is 2.48. The predicted molar refractivity (Wildman–Crippen MR) is 92.7 cm³/mol. The maximum absolute atomic E-state index is 8.55. The van der Waals surface area contributed by atoms with Crippen molar-refractivity contribution in [2.75, 3.05) is 0 Å². The number of unbranched alkanes of at least 4 members (excludes halogenated alkanes) is 14. The van der Waals surface area contributed by atoms with Crippen LogP contribution in [0.25, 0.3) is 0 Å². The van der Waals surface area contributed by atoms with Crippen molar-refractivity contribution >= 4 is 7.82 Å². The van der Waals surface area contributed by atoms with Gasteiger partial charge in [0.25, 0.3) is 0 Å². The molecule has 4 nitrogen and oxygen atoms in total. The van der Waals surface area contributed by atoms with E-state index in [0.29, 0.717) is 0 Å². The van der Waals surface area contributed by atoms with E-state index in [9.17, 15) is 0 Å². The summed E-state index contributed by atoms with van der Waals surface area (Å²) < 4.78 is 8.55. The molecule has 26 heavy (non-hydrogen) atoms. The molecule has 0 aromatic rings. The normalized spacial score (nSPS) is 9.69. The molecule has 8 heteroatoms. The van der Waals surface area contributed by atoms with Crippen molar-refractivity contribution in [2.45, 2.75) is 103 Å². The number of phosphoric acid groups is 1. The summed E-state index contributed by atoms with van der Waals surface area (Å²) in [5.74, 6) is 0. The average molecular weight is 416 g/mol. The maximum Gasteiger partial charge on any atom is 1.00 e. The first-order chi connectivity index (χ1) is 10.9. The molecule has 0 atom stereocenters. The van der Waals surface area contributed by atoms with Gasteiger partial charge in [0.15, 0.2) is 0 Å². The van der Waals surface area contributed by atoms with Gasteiger partial charge in [-0.3, -0.25) is 0 Å². The van der Waals surface area contributed by atoms with Gasteiger partial charge in [-0.2, -0.15) is 7.82 Å². The molecule has 0 rings (SSSR count). The third-order valence-corrected chi connectivity index (χ3v) is 3.76. The van der Waals surface area contributed by atoms with E-state index in [2.05, 4.69) is 13.5 Å². The van der Waals surface area contributed by atoms with Gasteiger partial charge >= 0.3 is 88.7 Å². The molecule has 0 aromatic heterocycles. The van der Waals surface area contributed by atoms with Crippen LogP contribution in [-0.2, 0) is 4.57 Å². The Labute approximate surface area is 228 Å². The van der Waals surface area contributed by atoms with E-state index in [1.807, 2.05) is 6.08 Å². The van der Waals surface area contributed by atoms with Crippen molar-refractivity contribution in [1.82, 2.24) is 0 Å². The summed E-state index contributed by atoms with van der Waals surface area (Å²) in [4.78, 5) is 25.6. The van der Waals surface area contributed by atoms with Gasteiger partial charge in [-0.15, -0.1) is 6.58 Å². The molecule has 0 fully saturated rings. The van der Waals surface area contributed by atoms with Crippen LogP contribution in [0.4, 0.5) is 0 Å². The second-order valence-electron chi connectivity index (χ2n) is 6.12. The van der Waals surface area contributed by atoms with Crippen molar-refractivity contribution in [3.8, 4) is 0 Å². The van der Waals surface area contributed by atoms with Gasteiger partial charge in [0.05, 0.1) is 0 Å². The summed E-state index contributed by atoms with van der Waals surface area (Å²) >= 11 is 0. The van der Waals surface area contributed by atoms with Crippen LogP contribution in [0.15, 0.2) is 12.7 Å². The Morgan fingerprint density at radius 2 is 0.885 bits per heavy atom. The number of hydrogen-bond acceptors (Lipinski definition) is 4. The van der Waals surface area contributed by atoms with E-state index < -0.39 is 7.82 Å². The monoisotopic (exact) mass is 416 g/mol. The first-order valence-corrected chi connectivity index (χ1v) is 10.7. The summed E-state index contributed by atoms with van der Waals surface area (Å²) in [5.41, 5.74) is 0. The van der Waals surface area contributed by atoms with Gasteiger partial charge in [-0.25, -0.2) is 0 Å². The van der Waals surface area contributed by atoms with Gasteiger partial charge in [0, 0.05) is 0 Å². The van der Waals surface area contributed by atoms with Gasteiger partial charge in [0.1, 0.15) is 0 Å². The maximum atomic E-state index is 8.55. The topological polar surface area (TPSA) is 86.2 Å². The molecule has 0 N–H and O–H groups in total. The third-order valence-electron chi connectivity index (χ3n) is 3.76. The zero-order valence-corrected chi connectivity index (χ0v) is 24.9. The van der Waals surface area contributed by atoms with Crippen molar-refractivity contribution in [3.63, 3.8) is 0 Å². The smallest absolute Gasteiger partial charge is 0.822 e. The number of rotatable bonds is 15. The molecule has 0 unspecified atom stereocenters. The van der Waals surface area contributed by atoms with E-state index in [1.165, 1.54) is 96.3 Å². The Balaban J connectivity index is -0.000000162. The molecule has 0 saturated heterocycles. The van der Waals surface area contributed by atoms with Crippen molar-refractivity contribution in [3.05, 3.63) is 12.7 Å². The van der Waals surface area contributed by atoms with Crippen LogP contribution < -0.4 is 103 Å². The molecule has 140 valence electrons. The molecule has 0 bridgehead atoms. The Bertz CT molecular complexity index is 281. The van der Waals surface area contributed by atoms with Gasteiger partial charge in [-0.1, -0.05) is 96.5 Å². The van der Waals surface area contributed by atoms with E-state index in [4.69, 9.17) is 19.2 Å². The Morgan fingerprint density at radius 1 is 0.654 bits per heavy atom. The summed E-state index contributed by atoms with van der Waals surface area (Å²) in [6.45, 7) is 6.05. The Kier molecular flexibility index (Phi) is 49.2. The summed E-state index contributed by atoms with van der Waals surface area (Å²) in [5, 5.41) is 0. The number of allylic oxidation sites excluding steroid dienone is 1. The molecule has 0 aliphatic heterocycles. The van der Waals surface area contributed by atoms with Gasteiger partial charge in [0.2, 0.25) is 0 Å². The van der Waals surface area contributed by atoms with E-state index in [-0.39, 0.29) is 88.7 Å².